The highest BCUT2D eigenvalue weighted by Crippen LogP contribution is 2.52. The summed E-state index contributed by atoms with van der Waals surface area (Å²) in [7, 11) is 0. The number of anilines is 2. The first-order chi connectivity index (χ1) is 15.7. The minimum absolute atomic E-state index is 0.0729. The minimum Gasteiger partial charge on any atom is -0.468 e. The molecule has 2 aromatic rings. The number of carbonyl (C=O) groups excluding carboxylic acids is 2. The third kappa shape index (κ3) is 3.84. The second-order valence-corrected chi connectivity index (χ2v) is 9.96. The van der Waals surface area contributed by atoms with Gasteiger partial charge in [-0.1, -0.05) is 54.7 Å². The zero-order valence-electron chi connectivity index (χ0n) is 17.6. The lowest BCUT2D eigenvalue weighted by Crippen LogP contribution is -2.29. The summed E-state index contributed by atoms with van der Waals surface area (Å²) >= 11 is 6.75. The van der Waals surface area contributed by atoms with Gasteiger partial charge in [0.25, 0.3) is 12.4 Å². The third-order valence-corrected chi connectivity index (χ3v) is 7.82. The SMILES string of the molecule is O=COCCCN1C(=O)/C(=C\c2ccc3c(c2)C2CCCC2N3c2ccccc2)SC1=S. The quantitative estimate of drug-likeness (QED) is 0.242. The lowest BCUT2D eigenvalue weighted by molar-refractivity contribution is -0.128. The average molecular weight is 465 g/mol. The molecule has 0 bridgehead atoms. The van der Waals surface area contributed by atoms with Crippen LogP contribution in [0.1, 0.15) is 42.7 Å². The van der Waals surface area contributed by atoms with Gasteiger partial charge in [-0.2, -0.15) is 0 Å². The van der Waals surface area contributed by atoms with Crippen LogP contribution in [0.4, 0.5) is 11.4 Å². The van der Waals surface area contributed by atoms with Gasteiger partial charge in [-0.05, 0) is 60.7 Å². The molecule has 164 valence electrons. The molecular weight excluding hydrogens is 440 g/mol. The number of thiocarbonyl (C=S) groups is 1. The van der Waals surface area contributed by atoms with Gasteiger partial charge >= 0.3 is 0 Å². The van der Waals surface area contributed by atoms with Crippen LogP contribution in [-0.4, -0.2) is 40.8 Å². The zero-order valence-corrected chi connectivity index (χ0v) is 19.2. The number of para-hydroxylation sites is 1. The van der Waals surface area contributed by atoms with Crippen LogP contribution in [0.2, 0.25) is 0 Å². The van der Waals surface area contributed by atoms with Crippen molar-refractivity contribution in [2.45, 2.75) is 37.6 Å². The molecule has 5 rings (SSSR count). The molecule has 0 radical (unpaired) electrons. The number of ether oxygens (including phenoxy) is 1. The maximum atomic E-state index is 12.9. The van der Waals surface area contributed by atoms with E-state index < -0.39 is 0 Å². The van der Waals surface area contributed by atoms with Crippen LogP contribution >= 0.6 is 24.0 Å². The van der Waals surface area contributed by atoms with Gasteiger partial charge in [0.05, 0.1) is 11.5 Å². The standard InChI is InChI=1S/C25H24N2O3S2/c28-16-30-13-5-12-26-24(29)23(32-25(26)31)15-17-10-11-22-20(14-17)19-8-4-9-21(19)27(22)18-6-2-1-3-7-18/h1-3,6-7,10-11,14-16,19,21H,4-5,8-9,12-13H2/b23-15+. The van der Waals surface area contributed by atoms with E-state index in [2.05, 4.69) is 53.4 Å². The molecule has 2 aliphatic heterocycles. The molecule has 1 aliphatic carbocycles. The Morgan fingerprint density at radius 1 is 1.16 bits per heavy atom. The van der Waals surface area contributed by atoms with E-state index in [-0.39, 0.29) is 12.5 Å². The molecule has 2 atom stereocenters. The maximum absolute atomic E-state index is 12.9. The minimum atomic E-state index is -0.0729. The number of nitrogens with zero attached hydrogens (tertiary/aromatic N) is 2. The fourth-order valence-corrected chi connectivity index (χ4v) is 6.40. The van der Waals surface area contributed by atoms with Crippen LogP contribution in [0.3, 0.4) is 0 Å². The summed E-state index contributed by atoms with van der Waals surface area (Å²) < 4.78 is 5.27. The molecule has 7 heteroatoms. The third-order valence-electron chi connectivity index (χ3n) is 6.44. The topological polar surface area (TPSA) is 49.9 Å². The van der Waals surface area contributed by atoms with Crippen molar-refractivity contribution in [3.8, 4) is 0 Å². The molecule has 2 unspecified atom stereocenters. The molecule has 3 aliphatic rings. The lowest BCUT2D eigenvalue weighted by atomic mass is 9.96. The van der Waals surface area contributed by atoms with Crippen molar-refractivity contribution in [1.29, 1.82) is 0 Å². The Bertz CT molecular complexity index is 1090. The summed E-state index contributed by atoms with van der Waals surface area (Å²) in [5, 5.41) is 0. The van der Waals surface area contributed by atoms with E-state index in [9.17, 15) is 9.59 Å². The number of thioether (sulfide) groups is 1. The molecule has 32 heavy (non-hydrogen) atoms. The maximum Gasteiger partial charge on any atom is 0.293 e. The number of hydrogen-bond acceptors (Lipinski definition) is 6. The predicted octanol–water partition coefficient (Wildman–Crippen LogP) is 5.24. The monoisotopic (exact) mass is 464 g/mol. The van der Waals surface area contributed by atoms with Crippen molar-refractivity contribution in [3.63, 3.8) is 0 Å². The van der Waals surface area contributed by atoms with Crippen molar-refractivity contribution < 1.29 is 14.3 Å². The number of carbonyl (C=O) groups is 2. The molecule has 2 fully saturated rings. The molecular formula is C25H24N2O3S2. The first-order valence-corrected chi connectivity index (χ1v) is 12.2. The van der Waals surface area contributed by atoms with Crippen molar-refractivity contribution in [2.75, 3.05) is 18.1 Å². The largest absolute Gasteiger partial charge is 0.468 e. The molecule has 0 N–H and O–H groups in total. The molecule has 2 aromatic carbocycles. The lowest BCUT2D eigenvalue weighted by Gasteiger charge is -2.27. The zero-order chi connectivity index (χ0) is 22.1. The van der Waals surface area contributed by atoms with Gasteiger partial charge in [-0.25, -0.2) is 0 Å². The Morgan fingerprint density at radius 2 is 2.00 bits per heavy atom. The molecule has 1 amide bonds. The first kappa shape index (κ1) is 21.2. The normalized spacial score (nSPS) is 23.1. The predicted molar refractivity (Wildman–Crippen MR) is 132 cm³/mol. The molecule has 1 saturated carbocycles. The van der Waals surface area contributed by atoms with E-state index in [1.807, 2.05) is 6.08 Å². The van der Waals surface area contributed by atoms with Crippen LogP contribution in [-0.2, 0) is 14.3 Å². The van der Waals surface area contributed by atoms with Gasteiger partial charge in [0.15, 0.2) is 0 Å². The highest BCUT2D eigenvalue weighted by atomic mass is 32.2. The number of amides is 1. The Labute approximate surface area is 197 Å². The van der Waals surface area contributed by atoms with Crippen LogP contribution in [0.25, 0.3) is 6.08 Å². The van der Waals surface area contributed by atoms with Crippen molar-refractivity contribution in [1.82, 2.24) is 4.90 Å². The van der Waals surface area contributed by atoms with Crippen LogP contribution in [0.15, 0.2) is 53.4 Å². The summed E-state index contributed by atoms with van der Waals surface area (Å²) in [5.41, 5.74) is 4.95. The Hall–Kier alpha value is -2.64. The van der Waals surface area contributed by atoms with Crippen molar-refractivity contribution in [2.24, 2.45) is 0 Å². The van der Waals surface area contributed by atoms with E-state index >= 15 is 0 Å². The fourth-order valence-electron chi connectivity index (χ4n) is 5.09. The number of rotatable bonds is 7. The van der Waals surface area contributed by atoms with Crippen LogP contribution in [0.5, 0.6) is 0 Å². The molecule has 2 heterocycles. The van der Waals surface area contributed by atoms with Gasteiger partial charge in [0.2, 0.25) is 0 Å². The highest BCUT2D eigenvalue weighted by Gasteiger charge is 2.42. The number of hydrogen-bond donors (Lipinski definition) is 0. The summed E-state index contributed by atoms with van der Waals surface area (Å²) in [4.78, 5) is 27.9. The smallest absolute Gasteiger partial charge is 0.293 e. The van der Waals surface area contributed by atoms with Crippen molar-refractivity contribution >= 4 is 58.1 Å². The van der Waals surface area contributed by atoms with Gasteiger partial charge in [-0.3, -0.25) is 14.5 Å². The highest BCUT2D eigenvalue weighted by molar-refractivity contribution is 8.26. The number of fused-ring (bicyclic) bond motifs is 3. The summed E-state index contributed by atoms with van der Waals surface area (Å²) in [6, 6.07) is 17.7. The average Bonchev–Trinajstić information content (AvgIpc) is 3.46. The summed E-state index contributed by atoms with van der Waals surface area (Å²) in [5.74, 6) is 0.460. The first-order valence-electron chi connectivity index (χ1n) is 11.0. The van der Waals surface area contributed by atoms with E-state index in [1.165, 1.54) is 48.0 Å². The summed E-state index contributed by atoms with van der Waals surface area (Å²) in [6.45, 7) is 1.16. The molecule has 0 aromatic heterocycles. The van der Waals surface area contributed by atoms with Gasteiger partial charge < -0.3 is 9.64 Å². The van der Waals surface area contributed by atoms with E-state index in [1.54, 1.807) is 4.90 Å². The number of benzene rings is 2. The van der Waals surface area contributed by atoms with Crippen molar-refractivity contribution in [3.05, 3.63) is 64.6 Å². The molecule has 0 spiro atoms. The van der Waals surface area contributed by atoms with E-state index in [0.29, 0.717) is 40.6 Å². The van der Waals surface area contributed by atoms with Gasteiger partial charge in [0, 0.05) is 29.9 Å². The van der Waals surface area contributed by atoms with Crippen LogP contribution in [0, 0.1) is 0 Å². The second kappa shape index (κ2) is 9.08. The Balaban J connectivity index is 1.40. The van der Waals surface area contributed by atoms with Gasteiger partial charge in [-0.15, -0.1) is 0 Å². The fraction of sp³-hybridized carbons (Fsp3) is 0.320. The van der Waals surface area contributed by atoms with E-state index in [0.717, 1.165) is 5.56 Å². The van der Waals surface area contributed by atoms with Crippen LogP contribution < -0.4 is 4.90 Å². The van der Waals surface area contributed by atoms with E-state index in [4.69, 9.17) is 17.0 Å². The molecule has 5 nitrogen and oxygen atoms in total. The molecule has 1 saturated heterocycles. The second-order valence-electron chi connectivity index (χ2n) is 8.28. The Kier molecular flexibility index (Phi) is 6.02. The summed E-state index contributed by atoms with van der Waals surface area (Å²) in [6.07, 6.45) is 6.17. The Morgan fingerprint density at radius 3 is 2.81 bits per heavy atom. The van der Waals surface area contributed by atoms with Gasteiger partial charge in [0.1, 0.15) is 4.32 Å².